The molecule has 0 atom stereocenters. The summed E-state index contributed by atoms with van der Waals surface area (Å²) in [4.78, 5) is 0. The monoisotopic (exact) mass is 333 g/mol. The van der Waals surface area contributed by atoms with Crippen LogP contribution in [0.3, 0.4) is 0 Å². The minimum atomic E-state index is -0.206. The van der Waals surface area contributed by atoms with E-state index in [9.17, 15) is 4.39 Å². The fraction of sp³-hybridized carbons (Fsp3) is 0.571. The van der Waals surface area contributed by atoms with Crippen molar-refractivity contribution >= 4 is 27.5 Å². The Kier molecular flexibility index (Phi) is 5.05. The van der Waals surface area contributed by atoms with Gasteiger partial charge in [-0.15, -0.1) is 11.6 Å². The summed E-state index contributed by atoms with van der Waals surface area (Å²) in [6, 6.07) is 5.14. The molecule has 0 heterocycles. The molecule has 1 saturated carbocycles. The fourth-order valence-corrected chi connectivity index (χ4v) is 3.40. The van der Waals surface area contributed by atoms with Crippen LogP contribution in [0.1, 0.15) is 31.2 Å². The highest BCUT2D eigenvalue weighted by Gasteiger charge is 2.32. The molecule has 1 N–H and O–H groups in total. The molecule has 1 aliphatic rings. The van der Waals surface area contributed by atoms with E-state index in [1.807, 2.05) is 6.07 Å². The van der Waals surface area contributed by atoms with Crippen LogP contribution in [-0.4, -0.2) is 12.4 Å². The van der Waals surface area contributed by atoms with Crippen LogP contribution in [0, 0.1) is 11.2 Å². The van der Waals surface area contributed by atoms with Crippen LogP contribution in [0.15, 0.2) is 22.7 Å². The van der Waals surface area contributed by atoms with Gasteiger partial charge < -0.3 is 5.32 Å². The van der Waals surface area contributed by atoms with Crippen LogP contribution in [0.25, 0.3) is 0 Å². The summed E-state index contributed by atoms with van der Waals surface area (Å²) < 4.78 is 13.9. The van der Waals surface area contributed by atoms with Gasteiger partial charge in [-0.2, -0.15) is 0 Å². The Bertz CT molecular complexity index is 405. The van der Waals surface area contributed by atoms with Crippen LogP contribution in [0.5, 0.6) is 0 Å². The molecule has 0 saturated heterocycles. The molecule has 1 aromatic rings. The average Bonchev–Trinajstić information content (AvgIpc) is 2.84. The number of hydrogen-bond acceptors (Lipinski definition) is 1. The van der Waals surface area contributed by atoms with Crippen LogP contribution >= 0.6 is 27.5 Å². The maximum atomic E-state index is 13.4. The molecule has 0 radical (unpaired) electrons. The van der Waals surface area contributed by atoms with Crippen molar-refractivity contribution in [2.75, 3.05) is 12.4 Å². The summed E-state index contributed by atoms with van der Waals surface area (Å²) in [5.41, 5.74) is 1.21. The Morgan fingerprint density at radius 3 is 2.72 bits per heavy atom. The highest BCUT2D eigenvalue weighted by Crippen LogP contribution is 2.38. The van der Waals surface area contributed by atoms with E-state index in [0.29, 0.717) is 16.9 Å². The first-order valence-electron chi connectivity index (χ1n) is 6.36. The third-order valence-corrected chi connectivity index (χ3v) is 5.25. The van der Waals surface area contributed by atoms with Gasteiger partial charge in [0.05, 0.1) is 4.47 Å². The smallest absolute Gasteiger partial charge is 0.137 e. The summed E-state index contributed by atoms with van der Waals surface area (Å²) in [7, 11) is 0. The van der Waals surface area contributed by atoms with Gasteiger partial charge in [-0.3, -0.25) is 0 Å². The predicted octanol–water partition coefficient (Wildman–Crippen LogP) is 4.48. The van der Waals surface area contributed by atoms with Gasteiger partial charge in [0.15, 0.2) is 0 Å². The molecule has 1 nitrogen and oxygen atoms in total. The molecule has 1 aromatic carbocycles. The van der Waals surface area contributed by atoms with Crippen molar-refractivity contribution in [2.45, 2.75) is 32.2 Å². The lowest BCUT2D eigenvalue weighted by Gasteiger charge is -2.26. The van der Waals surface area contributed by atoms with Crippen molar-refractivity contribution in [1.29, 1.82) is 0 Å². The Morgan fingerprint density at radius 2 is 2.06 bits per heavy atom. The molecule has 1 aliphatic carbocycles. The van der Waals surface area contributed by atoms with E-state index < -0.39 is 0 Å². The zero-order valence-electron chi connectivity index (χ0n) is 10.3. The molecule has 0 bridgehead atoms. The zero-order chi connectivity index (χ0) is 13.0. The van der Waals surface area contributed by atoms with Gasteiger partial charge in [0.25, 0.3) is 0 Å². The van der Waals surface area contributed by atoms with E-state index in [0.717, 1.165) is 12.1 Å². The number of benzene rings is 1. The van der Waals surface area contributed by atoms with Crippen LogP contribution in [-0.2, 0) is 6.54 Å². The fourth-order valence-electron chi connectivity index (χ4n) is 2.63. The lowest BCUT2D eigenvalue weighted by Crippen LogP contribution is -2.33. The number of hydrogen-bond donors (Lipinski definition) is 1. The second-order valence-corrected chi connectivity index (χ2v) is 6.22. The molecule has 100 valence electrons. The molecule has 2 rings (SSSR count). The topological polar surface area (TPSA) is 12.0 Å². The molecule has 0 amide bonds. The largest absolute Gasteiger partial charge is 0.312 e. The summed E-state index contributed by atoms with van der Waals surface area (Å²) in [6.45, 7) is 1.59. The first kappa shape index (κ1) is 14.3. The van der Waals surface area contributed by atoms with E-state index in [1.165, 1.54) is 31.7 Å². The quantitative estimate of drug-likeness (QED) is 0.783. The minimum absolute atomic E-state index is 0.206. The molecular weight excluding hydrogens is 317 g/mol. The SMILES string of the molecule is Fc1cccc(CNCC2(CCl)CCCC2)c1Br. The summed E-state index contributed by atoms with van der Waals surface area (Å²) >= 11 is 9.38. The lowest BCUT2D eigenvalue weighted by atomic mass is 9.88. The maximum absolute atomic E-state index is 13.4. The van der Waals surface area contributed by atoms with Crippen molar-refractivity contribution in [3.63, 3.8) is 0 Å². The number of alkyl halides is 1. The third kappa shape index (κ3) is 3.25. The first-order chi connectivity index (χ1) is 8.67. The molecule has 0 aliphatic heterocycles. The zero-order valence-corrected chi connectivity index (χ0v) is 12.7. The van der Waals surface area contributed by atoms with Gasteiger partial charge >= 0.3 is 0 Å². The second kappa shape index (κ2) is 6.36. The molecule has 0 spiro atoms. The van der Waals surface area contributed by atoms with Gasteiger partial charge in [0.2, 0.25) is 0 Å². The molecule has 0 aromatic heterocycles. The van der Waals surface area contributed by atoms with Crippen molar-refractivity contribution in [1.82, 2.24) is 5.32 Å². The molecule has 0 unspecified atom stereocenters. The van der Waals surface area contributed by atoms with E-state index in [1.54, 1.807) is 6.07 Å². The highest BCUT2D eigenvalue weighted by molar-refractivity contribution is 9.10. The summed E-state index contributed by atoms with van der Waals surface area (Å²) in [6.07, 6.45) is 4.96. The van der Waals surface area contributed by atoms with Crippen LogP contribution in [0.2, 0.25) is 0 Å². The Balaban J connectivity index is 1.90. The van der Waals surface area contributed by atoms with E-state index in [2.05, 4.69) is 21.2 Å². The highest BCUT2D eigenvalue weighted by atomic mass is 79.9. The molecule has 1 fully saturated rings. The molecular formula is C14H18BrClFN. The minimum Gasteiger partial charge on any atom is -0.312 e. The number of rotatable bonds is 5. The van der Waals surface area contributed by atoms with E-state index >= 15 is 0 Å². The normalized spacial score (nSPS) is 18.2. The van der Waals surface area contributed by atoms with E-state index in [4.69, 9.17) is 11.6 Å². The van der Waals surface area contributed by atoms with Crippen molar-refractivity contribution in [2.24, 2.45) is 5.41 Å². The number of nitrogens with one attached hydrogen (secondary N) is 1. The van der Waals surface area contributed by atoms with E-state index in [-0.39, 0.29) is 11.2 Å². The predicted molar refractivity (Wildman–Crippen MR) is 77.4 cm³/mol. The summed E-state index contributed by atoms with van der Waals surface area (Å²) in [5.74, 6) is 0.506. The van der Waals surface area contributed by atoms with Gasteiger partial charge in [0, 0.05) is 19.0 Å². The molecule has 18 heavy (non-hydrogen) atoms. The van der Waals surface area contributed by atoms with Crippen molar-refractivity contribution in [3.8, 4) is 0 Å². The maximum Gasteiger partial charge on any atom is 0.137 e. The first-order valence-corrected chi connectivity index (χ1v) is 7.69. The van der Waals surface area contributed by atoms with Gasteiger partial charge in [0.1, 0.15) is 5.82 Å². The van der Waals surface area contributed by atoms with Gasteiger partial charge in [-0.05, 0) is 45.8 Å². The second-order valence-electron chi connectivity index (χ2n) is 5.16. The van der Waals surface area contributed by atoms with Crippen LogP contribution < -0.4 is 5.32 Å². The third-order valence-electron chi connectivity index (χ3n) is 3.79. The van der Waals surface area contributed by atoms with Gasteiger partial charge in [-0.1, -0.05) is 25.0 Å². The van der Waals surface area contributed by atoms with Crippen LogP contribution in [0.4, 0.5) is 4.39 Å². The van der Waals surface area contributed by atoms with Crippen molar-refractivity contribution in [3.05, 3.63) is 34.1 Å². The van der Waals surface area contributed by atoms with Gasteiger partial charge in [-0.25, -0.2) is 4.39 Å². The Labute approximate surface area is 121 Å². The Hall–Kier alpha value is -0.120. The average molecular weight is 335 g/mol. The number of halogens is 3. The molecule has 4 heteroatoms. The van der Waals surface area contributed by atoms with Crippen molar-refractivity contribution < 1.29 is 4.39 Å². The Morgan fingerprint density at radius 1 is 1.33 bits per heavy atom. The lowest BCUT2D eigenvalue weighted by molar-refractivity contribution is 0.320. The standard InChI is InChI=1S/C14H18BrClFN/c15-13-11(4-3-5-12(13)17)8-18-10-14(9-16)6-1-2-7-14/h3-5,18H,1-2,6-10H2. The summed E-state index contributed by atoms with van der Waals surface area (Å²) in [5, 5.41) is 3.42.